The summed E-state index contributed by atoms with van der Waals surface area (Å²) in [6.07, 6.45) is 1.66. The summed E-state index contributed by atoms with van der Waals surface area (Å²) in [6.45, 7) is 1.89. The van der Waals surface area contributed by atoms with Gasteiger partial charge in [0.15, 0.2) is 5.82 Å². The Balaban J connectivity index is 1.38. The Bertz CT molecular complexity index is 1380. The number of hydrogen-bond donors (Lipinski definition) is 2. The minimum Gasteiger partial charge on any atom is -0.396 e. The summed E-state index contributed by atoms with van der Waals surface area (Å²) in [4.78, 5) is 27.4. The zero-order valence-electron chi connectivity index (χ0n) is 18.4. The number of para-hydroxylation sites is 1. The molecule has 170 valence electrons. The first kappa shape index (κ1) is 21.1. The first-order valence-corrected chi connectivity index (χ1v) is 11.1. The highest BCUT2D eigenvalue weighted by atomic mass is 16.3. The van der Waals surface area contributed by atoms with Gasteiger partial charge in [0.1, 0.15) is 0 Å². The van der Waals surface area contributed by atoms with Crippen LogP contribution >= 0.6 is 0 Å². The van der Waals surface area contributed by atoms with E-state index in [1.54, 1.807) is 13.1 Å². The standard InChI is InChI=1S/C24H26N6O3/c1-28-23(33)19-7-2-3-8-20(19)30-21(26-27-24(28)30)14-25-18-6-4-5-17(13-18)22(32)29-11-9-16(15-31)10-12-29/h2-8,13,16,25,31H,9-12,14-15H2,1H3. The predicted octanol–water partition coefficient (Wildman–Crippen LogP) is 2.04. The molecule has 3 heterocycles. The number of carbonyl (C=O) groups is 1. The van der Waals surface area contributed by atoms with Gasteiger partial charge < -0.3 is 15.3 Å². The van der Waals surface area contributed by atoms with Crippen LogP contribution in [0, 0.1) is 5.92 Å². The maximum atomic E-state index is 12.9. The molecule has 2 aromatic heterocycles. The van der Waals surface area contributed by atoms with Gasteiger partial charge in [-0.3, -0.25) is 18.6 Å². The minimum atomic E-state index is -0.112. The van der Waals surface area contributed by atoms with Gasteiger partial charge in [0.2, 0.25) is 5.78 Å². The van der Waals surface area contributed by atoms with Gasteiger partial charge in [-0.25, -0.2) is 0 Å². The van der Waals surface area contributed by atoms with Crippen LogP contribution in [0.1, 0.15) is 29.0 Å². The molecule has 9 nitrogen and oxygen atoms in total. The van der Waals surface area contributed by atoms with Crippen molar-refractivity contribution in [3.05, 3.63) is 70.3 Å². The van der Waals surface area contributed by atoms with Crippen molar-refractivity contribution in [2.24, 2.45) is 13.0 Å². The molecule has 1 fully saturated rings. The Morgan fingerprint density at radius 3 is 2.70 bits per heavy atom. The summed E-state index contributed by atoms with van der Waals surface area (Å²) in [5.41, 5.74) is 2.07. The Hall–Kier alpha value is -3.72. The van der Waals surface area contributed by atoms with Crippen LogP contribution in [0.15, 0.2) is 53.3 Å². The monoisotopic (exact) mass is 446 g/mol. The van der Waals surface area contributed by atoms with E-state index in [1.807, 2.05) is 51.8 Å². The van der Waals surface area contributed by atoms with E-state index in [0.717, 1.165) is 24.0 Å². The molecule has 1 amide bonds. The van der Waals surface area contributed by atoms with Crippen LogP contribution < -0.4 is 10.9 Å². The normalized spacial score (nSPS) is 14.8. The summed E-state index contributed by atoms with van der Waals surface area (Å²) in [7, 11) is 1.69. The molecule has 0 unspecified atom stereocenters. The van der Waals surface area contributed by atoms with Gasteiger partial charge in [-0.2, -0.15) is 0 Å². The van der Waals surface area contributed by atoms with Crippen LogP contribution in [0.25, 0.3) is 16.7 Å². The zero-order valence-corrected chi connectivity index (χ0v) is 18.4. The van der Waals surface area contributed by atoms with Crippen molar-refractivity contribution in [1.82, 2.24) is 24.1 Å². The van der Waals surface area contributed by atoms with Crippen LogP contribution in [0.2, 0.25) is 0 Å². The second-order valence-electron chi connectivity index (χ2n) is 8.49. The second-order valence-corrected chi connectivity index (χ2v) is 8.49. The molecule has 0 atom stereocenters. The average Bonchev–Trinajstić information content (AvgIpc) is 3.30. The summed E-state index contributed by atoms with van der Waals surface area (Å²) in [5.74, 6) is 1.44. The number of hydrogen-bond acceptors (Lipinski definition) is 6. The van der Waals surface area contributed by atoms with Gasteiger partial charge >= 0.3 is 0 Å². The quantitative estimate of drug-likeness (QED) is 0.486. The maximum absolute atomic E-state index is 12.9. The molecule has 9 heteroatoms. The van der Waals surface area contributed by atoms with Crippen LogP contribution in [0.4, 0.5) is 5.69 Å². The van der Waals surface area contributed by atoms with Gasteiger partial charge in [0, 0.05) is 38.0 Å². The molecule has 2 aromatic carbocycles. The highest BCUT2D eigenvalue weighted by Crippen LogP contribution is 2.20. The first-order chi connectivity index (χ1) is 16.1. The number of aryl methyl sites for hydroxylation is 1. The van der Waals surface area contributed by atoms with Crippen molar-refractivity contribution in [3.8, 4) is 0 Å². The fourth-order valence-corrected chi connectivity index (χ4v) is 4.45. The lowest BCUT2D eigenvalue weighted by Crippen LogP contribution is -2.39. The van der Waals surface area contributed by atoms with Gasteiger partial charge in [-0.05, 0) is 49.1 Å². The van der Waals surface area contributed by atoms with Crippen molar-refractivity contribution < 1.29 is 9.90 Å². The van der Waals surface area contributed by atoms with Crippen molar-refractivity contribution in [2.45, 2.75) is 19.4 Å². The number of amides is 1. The SMILES string of the molecule is Cn1c(=O)c2ccccc2n2c(CNc3cccc(C(=O)N4CCC(CO)CC4)c3)nnc12. The highest BCUT2D eigenvalue weighted by molar-refractivity contribution is 5.95. The largest absolute Gasteiger partial charge is 0.396 e. The molecule has 0 spiro atoms. The molecular weight excluding hydrogens is 420 g/mol. The van der Waals surface area contributed by atoms with Gasteiger partial charge in [-0.1, -0.05) is 18.2 Å². The summed E-state index contributed by atoms with van der Waals surface area (Å²) >= 11 is 0. The van der Waals surface area contributed by atoms with Gasteiger partial charge in [0.05, 0.1) is 17.4 Å². The number of nitrogens with zero attached hydrogens (tertiary/aromatic N) is 5. The van der Waals surface area contributed by atoms with E-state index in [4.69, 9.17) is 0 Å². The minimum absolute atomic E-state index is 0.00367. The molecule has 0 aliphatic carbocycles. The molecule has 0 bridgehead atoms. The number of aliphatic hydroxyl groups excluding tert-OH is 1. The van der Waals surface area contributed by atoms with Gasteiger partial charge in [-0.15, -0.1) is 10.2 Å². The Labute approximate surface area is 190 Å². The third kappa shape index (κ3) is 3.84. The molecule has 5 rings (SSSR count). The van der Waals surface area contributed by atoms with Gasteiger partial charge in [0.25, 0.3) is 11.5 Å². The molecule has 0 radical (unpaired) electrons. The second kappa shape index (κ2) is 8.67. The zero-order chi connectivity index (χ0) is 22.9. The molecule has 2 N–H and O–H groups in total. The summed E-state index contributed by atoms with van der Waals surface area (Å²) in [6, 6.07) is 14.8. The number of anilines is 1. The number of rotatable bonds is 5. The van der Waals surface area contributed by atoms with E-state index >= 15 is 0 Å². The van der Waals surface area contributed by atoms with E-state index in [-0.39, 0.29) is 24.0 Å². The Morgan fingerprint density at radius 1 is 1.12 bits per heavy atom. The summed E-state index contributed by atoms with van der Waals surface area (Å²) in [5, 5.41) is 21.8. The number of aliphatic hydroxyl groups is 1. The van der Waals surface area contributed by atoms with Crippen molar-refractivity contribution in [2.75, 3.05) is 25.0 Å². The smallest absolute Gasteiger partial charge is 0.262 e. The van der Waals surface area contributed by atoms with E-state index in [2.05, 4.69) is 15.5 Å². The van der Waals surface area contributed by atoms with E-state index in [1.165, 1.54) is 4.57 Å². The third-order valence-corrected chi connectivity index (χ3v) is 6.41. The van der Waals surface area contributed by atoms with Crippen molar-refractivity contribution in [1.29, 1.82) is 0 Å². The predicted molar refractivity (Wildman–Crippen MR) is 125 cm³/mol. The fourth-order valence-electron chi connectivity index (χ4n) is 4.45. The molecule has 1 aliphatic rings. The highest BCUT2D eigenvalue weighted by Gasteiger charge is 2.23. The molecular formula is C24H26N6O3. The molecule has 33 heavy (non-hydrogen) atoms. The first-order valence-electron chi connectivity index (χ1n) is 11.1. The number of benzene rings is 2. The number of nitrogens with one attached hydrogen (secondary N) is 1. The number of piperidine rings is 1. The van der Waals surface area contributed by atoms with Crippen LogP contribution in [0.5, 0.6) is 0 Å². The van der Waals surface area contributed by atoms with Crippen LogP contribution in [-0.2, 0) is 13.6 Å². The number of likely N-dealkylation sites (tertiary alicyclic amines) is 1. The van der Waals surface area contributed by atoms with E-state index in [0.29, 0.717) is 42.2 Å². The molecule has 4 aromatic rings. The number of aromatic nitrogens is 4. The van der Waals surface area contributed by atoms with Crippen molar-refractivity contribution >= 4 is 28.3 Å². The van der Waals surface area contributed by atoms with E-state index < -0.39 is 0 Å². The summed E-state index contributed by atoms with van der Waals surface area (Å²) < 4.78 is 3.38. The van der Waals surface area contributed by atoms with Crippen LogP contribution in [-0.4, -0.2) is 54.8 Å². The van der Waals surface area contributed by atoms with Crippen LogP contribution in [0.3, 0.4) is 0 Å². The van der Waals surface area contributed by atoms with E-state index in [9.17, 15) is 14.7 Å². The molecule has 0 saturated carbocycles. The third-order valence-electron chi connectivity index (χ3n) is 6.41. The number of carbonyl (C=O) groups excluding carboxylic acids is 1. The van der Waals surface area contributed by atoms with Crippen molar-refractivity contribution in [3.63, 3.8) is 0 Å². The topological polar surface area (TPSA) is 105 Å². The lowest BCUT2D eigenvalue weighted by Gasteiger charge is -2.31. The molecule has 1 aliphatic heterocycles. The Morgan fingerprint density at radius 2 is 1.91 bits per heavy atom. The lowest BCUT2D eigenvalue weighted by atomic mass is 9.97. The average molecular weight is 447 g/mol. The molecule has 1 saturated heterocycles. The maximum Gasteiger partial charge on any atom is 0.262 e. The Kier molecular flexibility index (Phi) is 5.55. The fraction of sp³-hybridized carbons (Fsp3) is 0.333. The number of fused-ring (bicyclic) bond motifs is 3. The lowest BCUT2D eigenvalue weighted by molar-refractivity contribution is 0.0651.